The van der Waals surface area contributed by atoms with Gasteiger partial charge < -0.3 is 5.32 Å². The second-order valence-electron chi connectivity index (χ2n) is 3.23. The highest BCUT2D eigenvalue weighted by Crippen LogP contribution is 2.21. The van der Waals surface area contributed by atoms with Gasteiger partial charge in [-0.2, -0.15) is 5.43 Å². The van der Waals surface area contributed by atoms with Crippen LogP contribution in [0.5, 0.6) is 0 Å². The maximum Gasteiger partial charge on any atom is 0.163 e. The Kier molecular flexibility index (Phi) is 1.54. The van der Waals surface area contributed by atoms with Gasteiger partial charge in [-0.25, -0.2) is 5.53 Å². The number of rotatable bonds is 1. The molecular formula is C6H13N5. The molecule has 0 saturated carbocycles. The second kappa shape index (κ2) is 2.42. The van der Waals surface area contributed by atoms with Crippen LogP contribution >= 0.6 is 0 Å². The molecule has 1 fully saturated rings. The summed E-state index contributed by atoms with van der Waals surface area (Å²) in [6, 6.07) is 0.418. The fraction of sp³-hybridized carbons (Fsp3) is 1.00. The van der Waals surface area contributed by atoms with Crippen molar-refractivity contribution in [2.45, 2.75) is 31.5 Å². The highest BCUT2D eigenvalue weighted by atomic mass is 15.7. The average molecular weight is 155 g/mol. The Morgan fingerprint density at radius 2 is 2.45 bits per heavy atom. The summed E-state index contributed by atoms with van der Waals surface area (Å²) < 4.78 is 0. The second-order valence-corrected chi connectivity index (χ2v) is 3.23. The minimum atomic E-state index is -0.240. The van der Waals surface area contributed by atoms with E-state index in [0.717, 1.165) is 6.54 Å². The van der Waals surface area contributed by atoms with E-state index in [1.807, 2.05) is 6.92 Å². The Morgan fingerprint density at radius 1 is 1.55 bits per heavy atom. The molecule has 0 aromatic heterocycles. The van der Waals surface area contributed by atoms with Crippen LogP contribution in [0.25, 0.3) is 0 Å². The van der Waals surface area contributed by atoms with Crippen molar-refractivity contribution in [3.63, 3.8) is 0 Å². The number of nitrogens with zero attached hydrogens (tertiary/aromatic N) is 2. The van der Waals surface area contributed by atoms with Gasteiger partial charge in [0.25, 0.3) is 0 Å². The Labute approximate surface area is 65.6 Å². The standard InChI is InChI=1S/C6H13N5/c1-6(8-10-11-9-6)5-3-2-4-7-5/h5,7H,2-4H2,1H3,(H,8,11)(H,9,10)/t5-/m0/s1. The molecule has 5 nitrogen and oxygen atoms in total. The molecule has 0 amide bonds. The van der Waals surface area contributed by atoms with Gasteiger partial charge in [0.2, 0.25) is 0 Å². The zero-order valence-corrected chi connectivity index (χ0v) is 6.59. The molecular weight excluding hydrogens is 142 g/mol. The number of hydrogen-bond donors (Lipinski definition) is 3. The maximum absolute atomic E-state index is 4.09. The van der Waals surface area contributed by atoms with E-state index < -0.39 is 0 Å². The molecule has 0 aromatic carbocycles. The van der Waals surface area contributed by atoms with Crippen LogP contribution in [-0.4, -0.2) is 18.2 Å². The zero-order chi connectivity index (χ0) is 7.73. The van der Waals surface area contributed by atoms with Crippen molar-refractivity contribution in [2.24, 2.45) is 10.3 Å². The van der Waals surface area contributed by atoms with Gasteiger partial charge in [-0.1, -0.05) is 5.22 Å². The summed E-state index contributed by atoms with van der Waals surface area (Å²) in [6.45, 7) is 3.14. The molecule has 5 heteroatoms. The molecule has 1 unspecified atom stereocenters. The largest absolute Gasteiger partial charge is 0.310 e. The van der Waals surface area contributed by atoms with E-state index in [1.165, 1.54) is 12.8 Å². The Balaban J connectivity index is 2.06. The lowest BCUT2D eigenvalue weighted by molar-refractivity contribution is 0.292. The third-order valence-corrected chi connectivity index (χ3v) is 2.36. The predicted octanol–water partition coefficient (Wildman–Crippen LogP) is -0.0704. The van der Waals surface area contributed by atoms with Crippen molar-refractivity contribution in [3.05, 3.63) is 0 Å². The molecule has 0 spiro atoms. The van der Waals surface area contributed by atoms with E-state index in [4.69, 9.17) is 0 Å². The fourth-order valence-electron chi connectivity index (χ4n) is 1.61. The van der Waals surface area contributed by atoms with Crippen LogP contribution in [0.1, 0.15) is 19.8 Å². The van der Waals surface area contributed by atoms with E-state index in [1.54, 1.807) is 0 Å². The zero-order valence-electron chi connectivity index (χ0n) is 6.59. The molecule has 2 heterocycles. The van der Waals surface area contributed by atoms with Gasteiger partial charge >= 0.3 is 0 Å². The Bertz CT molecular complexity index is 174. The summed E-state index contributed by atoms with van der Waals surface area (Å²) in [5, 5.41) is 11.2. The van der Waals surface area contributed by atoms with Gasteiger partial charge in [-0.05, 0) is 26.3 Å². The van der Waals surface area contributed by atoms with Crippen molar-refractivity contribution in [2.75, 3.05) is 6.54 Å². The highest BCUT2D eigenvalue weighted by molar-refractivity contribution is 4.95. The number of hydrogen-bond acceptors (Lipinski definition) is 5. The van der Waals surface area contributed by atoms with Crippen LogP contribution in [0.15, 0.2) is 10.3 Å². The van der Waals surface area contributed by atoms with Gasteiger partial charge in [-0.15, -0.1) is 5.11 Å². The summed E-state index contributed by atoms with van der Waals surface area (Å²) in [5.74, 6) is 0. The van der Waals surface area contributed by atoms with Gasteiger partial charge in [-0.3, -0.25) is 0 Å². The van der Waals surface area contributed by atoms with Crippen LogP contribution in [-0.2, 0) is 0 Å². The van der Waals surface area contributed by atoms with Crippen molar-refractivity contribution in [1.82, 2.24) is 16.3 Å². The molecule has 2 atom stereocenters. The smallest absolute Gasteiger partial charge is 0.163 e. The first-order chi connectivity index (χ1) is 5.31. The fourth-order valence-corrected chi connectivity index (χ4v) is 1.61. The minimum absolute atomic E-state index is 0.240. The van der Waals surface area contributed by atoms with Crippen LogP contribution in [0, 0.1) is 0 Å². The van der Waals surface area contributed by atoms with E-state index >= 15 is 0 Å². The first-order valence-electron chi connectivity index (χ1n) is 3.99. The molecule has 11 heavy (non-hydrogen) atoms. The normalized spacial score (nSPS) is 42.8. The van der Waals surface area contributed by atoms with E-state index in [0.29, 0.717) is 6.04 Å². The van der Waals surface area contributed by atoms with Gasteiger partial charge in [0.1, 0.15) is 0 Å². The lowest BCUT2D eigenvalue weighted by atomic mass is 10.0. The van der Waals surface area contributed by atoms with Crippen LogP contribution in [0.2, 0.25) is 0 Å². The van der Waals surface area contributed by atoms with E-state index in [9.17, 15) is 0 Å². The monoisotopic (exact) mass is 155 g/mol. The average Bonchev–Trinajstić information content (AvgIpc) is 2.55. The molecule has 2 aliphatic rings. The first-order valence-corrected chi connectivity index (χ1v) is 3.99. The molecule has 2 rings (SSSR count). The summed E-state index contributed by atoms with van der Waals surface area (Å²) in [4.78, 5) is 0. The molecule has 62 valence electrons. The quantitative estimate of drug-likeness (QED) is 0.496. The molecule has 2 aliphatic heterocycles. The van der Waals surface area contributed by atoms with Gasteiger partial charge in [0, 0.05) is 6.04 Å². The van der Waals surface area contributed by atoms with Crippen LogP contribution < -0.4 is 16.3 Å². The minimum Gasteiger partial charge on any atom is -0.310 e. The molecule has 1 saturated heterocycles. The lowest BCUT2D eigenvalue weighted by Crippen LogP contribution is -2.54. The summed E-state index contributed by atoms with van der Waals surface area (Å²) in [5.41, 5.74) is 5.45. The van der Waals surface area contributed by atoms with Crippen molar-refractivity contribution < 1.29 is 0 Å². The van der Waals surface area contributed by atoms with Crippen LogP contribution in [0.4, 0.5) is 0 Å². The third kappa shape index (κ3) is 1.10. The maximum atomic E-state index is 4.09. The number of hydrazine groups is 1. The van der Waals surface area contributed by atoms with E-state index in [2.05, 4.69) is 26.6 Å². The first kappa shape index (κ1) is 7.00. The van der Waals surface area contributed by atoms with Gasteiger partial charge in [0.05, 0.1) is 0 Å². The van der Waals surface area contributed by atoms with E-state index in [-0.39, 0.29) is 5.66 Å². The number of nitrogens with one attached hydrogen (secondary N) is 3. The topological polar surface area (TPSA) is 60.8 Å². The summed E-state index contributed by atoms with van der Waals surface area (Å²) in [6.07, 6.45) is 2.40. The molecule has 0 radical (unpaired) electrons. The molecule has 0 aromatic rings. The van der Waals surface area contributed by atoms with Crippen molar-refractivity contribution in [1.29, 1.82) is 0 Å². The van der Waals surface area contributed by atoms with Crippen molar-refractivity contribution >= 4 is 0 Å². The molecule has 0 aliphatic carbocycles. The molecule has 3 N–H and O–H groups in total. The van der Waals surface area contributed by atoms with Crippen LogP contribution in [0.3, 0.4) is 0 Å². The summed E-state index contributed by atoms with van der Waals surface area (Å²) in [7, 11) is 0. The molecule has 0 bridgehead atoms. The Morgan fingerprint density at radius 3 is 3.00 bits per heavy atom. The van der Waals surface area contributed by atoms with Gasteiger partial charge in [0.15, 0.2) is 5.66 Å². The SMILES string of the molecule is CC1([C@@H]2CCCN2)N=NNN1. The Hall–Kier alpha value is -0.680. The summed E-state index contributed by atoms with van der Waals surface area (Å²) >= 11 is 0. The predicted molar refractivity (Wildman–Crippen MR) is 40.6 cm³/mol. The van der Waals surface area contributed by atoms with Crippen molar-refractivity contribution in [3.8, 4) is 0 Å². The third-order valence-electron chi connectivity index (χ3n) is 2.36. The lowest BCUT2D eigenvalue weighted by Gasteiger charge is -2.25. The highest BCUT2D eigenvalue weighted by Gasteiger charge is 2.38.